The van der Waals surface area contributed by atoms with Crippen LogP contribution in [-0.2, 0) is 11.2 Å². The summed E-state index contributed by atoms with van der Waals surface area (Å²) in [5, 5.41) is 1.24. The average molecular weight is 343 g/mol. The van der Waals surface area contributed by atoms with E-state index in [0.29, 0.717) is 22.4 Å². The van der Waals surface area contributed by atoms with Gasteiger partial charge >= 0.3 is 0 Å². The smallest absolute Gasteiger partial charge is 0.225 e. The Morgan fingerprint density at radius 1 is 1.41 bits per heavy atom. The van der Waals surface area contributed by atoms with Crippen molar-refractivity contribution in [1.82, 2.24) is 4.90 Å². The molecule has 1 aromatic carbocycles. The summed E-state index contributed by atoms with van der Waals surface area (Å²) in [5.41, 5.74) is 6.96. The molecule has 0 spiro atoms. The van der Waals surface area contributed by atoms with E-state index in [-0.39, 0.29) is 17.9 Å². The molecule has 1 aliphatic rings. The van der Waals surface area contributed by atoms with E-state index in [9.17, 15) is 4.79 Å². The molecule has 0 radical (unpaired) electrons. The summed E-state index contributed by atoms with van der Waals surface area (Å²) in [7, 11) is 0. The lowest BCUT2D eigenvalue weighted by Gasteiger charge is -2.36. The van der Waals surface area contributed by atoms with Gasteiger partial charge in [0.15, 0.2) is 0 Å². The summed E-state index contributed by atoms with van der Waals surface area (Å²) in [4.78, 5) is 14.6. The predicted molar refractivity (Wildman–Crippen MR) is 92.3 cm³/mol. The number of amides is 1. The maximum Gasteiger partial charge on any atom is 0.225 e. The molecule has 3 nitrogen and oxygen atoms in total. The molecule has 0 bridgehead atoms. The van der Waals surface area contributed by atoms with Gasteiger partial charge in [-0.25, -0.2) is 0 Å². The summed E-state index contributed by atoms with van der Waals surface area (Å²) < 4.78 is 0. The molecule has 1 aliphatic heterocycles. The number of piperidine rings is 1. The maximum atomic E-state index is 12.7. The van der Waals surface area contributed by atoms with Gasteiger partial charge in [0.05, 0.1) is 0 Å². The van der Waals surface area contributed by atoms with Crippen LogP contribution in [0, 0.1) is 11.8 Å². The van der Waals surface area contributed by atoms with Gasteiger partial charge in [-0.3, -0.25) is 4.79 Å². The van der Waals surface area contributed by atoms with Gasteiger partial charge in [0.1, 0.15) is 0 Å². The van der Waals surface area contributed by atoms with Crippen LogP contribution in [0.4, 0.5) is 0 Å². The number of nitrogens with zero attached hydrogens (tertiary/aromatic N) is 1. The zero-order valence-electron chi connectivity index (χ0n) is 13.2. The van der Waals surface area contributed by atoms with Crippen molar-refractivity contribution in [3.05, 3.63) is 33.8 Å². The Morgan fingerprint density at radius 2 is 2.14 bits per heavy atom. The molecule has 5 heteroatoms. The van der Waals surface area contributed by atoms with E-state index in [1.165, 1.54) is 0 Å². The van der Waals surface area contributed by atoms with Gasteiger partial charge in [-0.15, -0.1) is 0 Å². The Morgan fingerprint density at radius 3 is 2.77 bits per heavy atom. The van der Waals surface area contributed by atoms with E-state index < -0.39 is 0 Å². The largest absolute Gasteiger partial charge is 0.342 e. The molecule has 0 unspecified atom stereocenters. The van der Waals surface area contributed by atoms with Crippen LogP contribution in [-0.4, -0.2) is 29.9 Å². The Balaban J connectivity index is 1.99. The van der Waals surface area contributed by atoms with Gasteiger partial charge in [0.2, 0.25) is 5.91 Å². The highest BCUT2D eigenvalue weighted by atomic mass is 35.5. The SMILES string of the molecule is C[C@H](Cc1ccc(Cl)cc1Cl)C(=O)N1CCC[C@@H]([C@@H](C)N)C1. The van der Waals surface area contributed by atoms with Crippen molar-refractivity contribution in [3.8, 4) is 0 Å². The average Bonchev–Trinajstić information content (AvgIpc) is 2.49. The summed E-state index contributed by atoms with van der Waals surface area (Å²) in [5.74, 6) is 0.505. The molecule has 1 heterocycles. The van der Waals surface area contributed by atoms with Crippen LogP contribution in [0.15, 0.2) is 18.2 Å². The Hall–Kier alpha value is -0.770. The van der Waals surface area contributed by atoms with Crippen molar-refractivity contribution >= 4 is 29.1 Å². The van der Waals surface area contributed by atoms with E-state index >= 15 is 0 Å². The van der Waals surface area contributed by atoms with E-state index in [4.69, 9.17) is 28.9 Å². The first-order chi connectivity index (χ1) is 10.4. The number of likely N-dealkylation sites (tertiary alicyclic amines) is 1. The highest BCUT2D eigenvalue weighted by Gasteiger charge is 2.28. The molecule has 2 rings (SSSR count). The van der Waals surface area contributed by atoms with Crippen molar-refractivity contribution in [1.29, 1.82) is 0 Å². The monoisotopic (exact) mass is 342 g/mol. The number of hydrogen-bond donors (Lipinski definition) is 1. The summed E-state index contributed by atoms with van der Waals surface area (Å²) in [6.45, 7) is 5.59. The van der Waals surface area contributed by atoms with Gasteiger partial charge in [0, 0.05) is 35.1 Å². The van der Waals surface area contributed by atoms with Crippen LogP contribution in [0.2, 0.25) is 10.0 Å². The van der Waals surface area contributed by atoms with Gasteiger partial charge < -0.3 is 10.6 Å². The number of hydrogen-bond acceptors (Lipinski definition) is 2. The first kappa shape index (κ1) is 17.6. The Labute approximate surface area is 142 Å². The Bertz CT molecular complexity index is 533. The fourth-order valence-electron chi connectivity index (χ4n) is 3.06. The van der Waals surface area contributed by atoms with Gasteiger partial charge in [-0.2, -0.15) is 0 Å². The van der Waals surface area contributed by atoms with Crippen LogP contribution in [0.1, 0.15) is 32.3 Å². The number of rotatable bonds is 4. The normalized spacial score (nSPS) is 21.5. The standard InChI is InChI=1S/C17H24Cl2N2O/c1-11(8-13-5-6-15(18)9-16(13)19)17(22)21-7-3-4-14(10-21)12(2)20/h5-6,9,11-12,14H,3-4,7-8,10,20H2,1-2H3/t11-,12-,14-/m1/s1. The molecule has 1 aromatic rings. The second kappa shape index (κ2) is 7.67. The van der Waals surface area contributed by atoms with E-state index in [1.54, 1.807) is 6.07 Å². The zero-order valence-corrected chi connectivity index (χ0v) is 14.7. The molecule has 0 aromatic heterocycles. The minimum Gasteiger partial charge on any atom is -0.342 e. The molecule has 1 fully saturated rings. The fourth-order valence-corrected chi connectivity index (χ4v) is 3.54. The van der Waals surface area contributed by atoms with E-state index in [1.807, 2.05) is 30.9 Å². The second-order valence-corrected chi connectivity index (χ2v) is 7.23. The first-order valence-corrected chi connectivity index (χ1v) is 8.62. The van der Waals surface area contributed by atoms with Gasteiger partial charge in [-0.05, 0) is 49.8 Å². The fraction of sp³-hybridized carbons (Fsp3) is 0.588. The highest BCUT2D eigenvalue weighted by Crippen LogP contribution is 2.25. The number of carbonyl (C=O) groups is 1. The van der Waals surface area contributed by atoms with E-state index in [2.05, 4.69) is 0 Å². The molecule has 1 amide bonds. The first-order valence-electron chi connectivity index (χ1n) is 7.86. The molecular formula is C17H24Cl2N2O. The van der Waals surface area contributed by atoms with Crippen molar-refractivity contribution in [2.45, 2.75) is 39.2 Å². The number of benzene rings is 1. The molecule has 1 saturated heterocycles. The summed E-state index contributed by atoms with van der Waals surface area (Å²) >= 11 is 12.1. The van der Waals surface area contributed by atoms with Crippen LogP contribution < -0.4 is 5.73 Å². The highest BCUT2D eigenvalue weighted by molar-refractivity contribution is 6.35. The molecular weight excluding hydrogens is 319 g/mol. The molecule has 0 aliphatic carbocycles. The van der Waals surface area contributed by atoms with Crippen LogP contribution in [0.3, 0.4) is 0 Å². The van der Waals surface area contributed by atoms with Crippen molar-refractivity contribution < 1.29 is 4.79 Å². The Kier molecular flexibility index (Phi) is 6.13. The third-order valence-corrected chi connectivity index (χ3v) is 5.06. The lowest BCUT2D eigenvalue weighted by atomic mass is 9.91. The van der Waals surface area contributed by atoms with Gasteiger partial charge in [-0.1, -0.05) is 36.2 Å². The lowest BCUT2D eigenvalue weighted by Crippen LogP contribution is -2.46. The summed E-state index contributed by atoms with van der Waals surface area (Å²) in [6, 6.07) is 5.57. The second-order valence-electron chi connectivity index (χ2n) is 6.39. The topological polar surface area (TPSA) is 46.3 Å². The number of nitrogens with two attached hydrogens (primary N) is 1. The van der Waals surface area contributed by atoms with Crippen LogP contribution >= 0.6 is 23.2 Å². The third-order valence-electron chi connectivity index (χ3n) is 4.48. The molecule has 2 N–H and O–H groups in total. The van der Waals surface area contributed by atoms with E-state index in [0.717, 1.165) is 31.5 Å². The molecule has 0 saturated carbocycles. The number of halogens is 2. The van der Waals surface area contributed by atoms with Gasteiger partial charge in [0.25, 0.3) is 0 Å². The minimum absolute atomic E-state index is 0.0921. The minimum atomic E-state index is -0.0921. The number of carbonyl (C=O) groups excluding carboxylic acids is 1. The maximum absolute atomic E-state index is 12.7. The van der Waals surface area contributed by atoms with Crippen molar-refractivity contribution in [2.75, 3.05) is 13.1 Å². The molecule has 22 heavy (non-hydrogen) atoms. The van der Waals surface area contributed by atoms with Crippen LogP contribution in [0.25, 0.3) is 0 Å². The zero-order chi connectivity index (χ0) is 16.3. The lowest BCUT2D eigenvalue weighted by molar-refractivity contribution is -0.136. The third kappa shape index (κ3) is 4.37. The molecule has 122 valence electrons. The summed E-state index contributed by atoms with van der Waals surface area (Å²) in [6.07, 6.45) is 2.78. The molecule has 3 atom stereocenters. The van der Waals surface area contributed by atoms with Crippen molar-refractivity contribution in [2.24, 2.45) is 17.6 Å². The quantitative estimate of drug-likeness (QED) is 0.905. The van der Waals surface area contributed by atoms with Crippen LogP contribution in [0.5, 0.6) is 0 Å². The predicted octanol–water partition coefficient (Wildman–Crippen LogP) is 3.76. The van der Waals surface area contributed by atoms with Crippen molar-refractivity contribution in [3.63, 3.8) is 0 Å².